The van der Waals surface area contributed by atoms with Gasteiger partial charge in [-0.2, -0.15) is 0 Å². The highest BCUT2D eigenvalue weighted by Gasteiger charge is 2.22. The highest BCUT2D eigenvalue weighted by Crippen LogP contribution is 2.26. The molecule has 27 heavy (non-hydrogen) atoms. The summed E-state index contributed by atoms with van der Waals surface area (Å²) in [6, 6.07) is 11.4. The Hall–Kier alpha value is -2.03. The molecule has 2 N–H and O–H groups in total. The van der Waals surface area contributed by atoms with E-state index in [2.05, 4.69) is 10.0 Å². The van der Waals surface area contributed by atoms with Crippen LogP contribution in [0.2, 0.25) is 0 Å². The smallest absolute Gasteiger partial charge is 0.259 e. The van der Waals surface area contributed by atoms with E-state index in [1.807, 2.05) is 12.3 Å². The average Bonchev–Trinajstić information content (AvgIpc) is 2.59. The number of ether oxygens (including phenoxy) is 1. The minimum atomic E-state index is -3.62. The van der Waals surface area contributed by atoms with Crippen LogP contribution in [0.1, 0.15) is 31.1 Å². The molecule has 8 heteroatoms. The van der Waals surface area contributed by atoms with Gasteiger partial charge in [0.2, 0.25) is 10.0 Å². The Morgan fingerprint density at radius 1 is 1.07 bits per heavy atom. The highest BCUT2D eigenvalue weighted by molar-refractivity contribution is 7.98. The van der Waals surface area contributed by atoms with E-state index in [0.29, 0.717) is 17.0 Å². The number of rotatable bonds is 6. The van der Waals surface area contributed by atoms with Gasteiger partial charge in [-0.3, -0.25) is 4.79 Å². The van der Waals surface area contributed by atoms with Gasteiger partial charge in [0.25, 0.3) is 5.91 Å². The van der Waals surface area contributed by atoms with Gasteiger partial charge in [-0.15, -0.1) is 11.8 Å². The van der Waals surface area contributed by atoms with Crippen molar-refractivity contribution in [3.8, 4) is 5.75 Å². The highest BCUT2D eigenvalue weighted by atomic mass is 32.2. The largest absolute Gasteiger partial charge is 0.496 e. The Balaban J connectivity index is 2.18. The molecule has 0 atom stereocenters. The van der Waals surface area contributed by atoms with Gasteiger partial charge in [-0.25, -0.2) is 13.1 Å². The number of thioether (sulfide) groups is 1. The molecule has 146 valence electrons. The van der Waals surface area contributed by atoms with Crippen LogP contribution in [-0.4, -0.2) is 33.2 Å². The van der Waals surface area contributed by atoms with Crippen LogP contribution in [0.3, 0.4) is 0 Å². The van der Waals surface area contributed by atoms with Crippen LogP contribution >= 0.6 is 11.8 Å². The maximum Gasteiger partial charge on any atom is 0.259 e. The molecule has 0 unspecified atom stereocenters. The molecular weight excluding hydrogens is 384 g/mol. The fourth-order valence-electron chi connectivity index (χ4n) is 2.36. The molecule has 0 spiro atoms. The Morgan fingerprint density at radius 3 is 2.22 bits per heavy atom. The van der Waals surface area contributed by atoms with Crippen molar-refractivity contribution >= 4 is 33.4 Å². The minimum absolute atomic E-state index is 0.136. The molecule has 0 saturated carbocycles. The molecule has 6 nitrogen and oxygen atoms in total. The van der Waals surface area contributed by atoms with Gasteiger partial charge in [0.05, 0.1) is 17.6 Å². The second-order valence-electron chi connectivity index (χ2n) is 6.90. The van der Waals surface area contributed by atoms with Gasteiger partial charge in [0.15, 0.2) is 0 Å². The summed E-state index contributed by atoms with van der Waals surface area (Å²) in [6.07, 6.45) is 1.94. The van der Waals surface area contributed by atoms with Crippen molar-refractivity contribution in [1.29, 1.82) is 0 Å². The Labute approximate surface area is 164 Å². The lowest BCUT2D eigenvalue weighted by Crippen LogP contribution is -2.40. The SMILES string of the molecule is COc1cc(SC)ccc1C(=O)Nc1ccc(S(=O)(=O)NC(C)(C)C)cc1. The van der Waals surface area contributed by atoms with Crippen molar-refractivity contribution in [2.24, 2.45) is 0 Å². The van der Waals surface area contributed by atoms with Gasteiger partial charge >= 0.3 is 0 Å². The number of amides is 1. The lowest BCUT2D eigenvalue weighted by Gasteiger charge is -2.20. The first-order valence-corrected chi connectivity index (χ1v) is 10.9. The van der Waals surface area contributed by atoms with Crippen molar-refractivity contribution in [2.75, 3.05) is 18.7 Å². The molecule has 0 fully saturated rings. The van der Waals surface area contributed by atoms with Gasteiger partial charge in [0, 0.05) is 16.1 Å². The van der Waals surface area contributed by atoms with Crippen LogP contribution in [0.25, 0.3) is 0 Å². The van der Waals surface area contributed by atoms with Crippen molar-refractivity contribution in [1.82, 2.24) is 4.72 Å². The molecule has 1 amide bonds. The van der Waals surface area contributed by atoms with E-state index in [1.54, 1.807) is 56.8 Å². The van der Waals surface area contributed by atoms with E-state index in [4.69, 9.17) is 4.74 Å². The quantitative estimate of drug-likeness (QED) is 0.711. The van der Waals surface area contributed by atoms with Crippen LogP contribution in [0.15, 0.2) is 52.3 Å². The zero-order valence-electron chi connectivity index (χ0n) is 16.0. The third kappa shape index (κ3) is 5.72. The summed E-state index contributed by atoms with van der Waals surface area (Å²) < 4.78 is 32.5. The number of sulfonamides is 1. The first-order chi connectivity index (χ1) is 12.6. The molecular formula is C19H24N2O4S2. The first kappa shape index (κ1) is 21.3. The lowest BCUT2D eigenvalue weighted by molar-refractivity contribution is 0.102. The van der Waals surface area contributed by atoms with Gasteiger partial charge in [-0.05, 0) is 69.5 Å². The Morgan fingerprint density at radius 2 is 1.70 bits per heavy atom. The molecule has 0 aromatic heterocycles. The number of carbonyl (C=O) groups is 1. The standard InChI is InChI=1S/C19H24N2O4S2/c1-19(2,3)21-27(23,24)15-9-6-13(7-10-15)20-18(22)16-11-8-14(26-5)12-17(16)25-4/h6-12,21H,1-5H3,(H,20,22). The van der Waals surface area contributed by atoms with Crippen LogP contribution in [0, 0.1) is 0 Å². The number of methoxy groups -OCH3 is 1. The molecule has 2 aromatic rings. The summed E-state index contributed by atoms with van der Waals surface area (Å²) in [5.41, 5.74) is 0.317. The molecule has 0 radical (unpaired) electrons. The van der Waals surface area contributed by atoms with Gasteiger partial charge < -0.3 is 10.1 Å². The fourth-order valence-corrected chi connectivity index (χ4v) is 4.21. The number of benzene rings is 2. The molecule has 0 aliphatic heterocycles. The van der Waals surface area contributed by atoms with E-state index in [0.717, 1.165) is 4.90 Å². The summed E-state index contributed by atoms with van der Waals surface area (Å²) in [5.74, 6) is 0.149. The Kier molecular flexibility index (Phi) is 6.56. The molecule has 0 aliphatic carbocycles. The second kappa shape index (κ2) is 8.33. The minimum Gasteiger partial charge on any atom is -0.496 e. The van der Waals surface area contributed by atoms with E-state index >= 15 is 0 Å². The van der Waals surface area contributed by atoms with E-state index < -0.39 is 15.6 Å². The molecule has 2 aromatic carbocycles. The van der Waals surface area contributed by atoms with E-state index in [-0.39, 0.29) is 10.8 Å². The summed E-state index contributed by atoms with van der Waals surface area (Å²) in [7, 11) is -2.11. The van der Waals surface area contributed by atoms with Crippen LogP contribution in [0.4, 0.5) is 5.69 Å². The zero-order chi connectivity index (χ0) is 20.2. The normalized spacial score (nSPS) is 11.9. The molecule has 0 saturated heterocycles. The van der Waals surface area contributed by atoms with Gasteiger partial charge in [0.1, 0.15) is 5.75 Å². The van der Waals surface area contributed by atoms with Gasteiger partial charge in [-0.1, -0.05) is 0 Å². The number of hydrogen-bond donors (Lipinski definition) is 2. The third-order valence-corrected chi connectivity index (χ3v) is 6.02. The molecule has 2 rings (SSSR count). The van der Waals surface area contributed by atoms with Crippen LogP contribution in [0.5, 0.6) is 5.75 Å². The maximum atomic E-state index is 12.5. The fraction of sp³-hybridized carbons (Fsp3) is 0.316. The van der Waals surface area contributed by atoms with Crippen LogP contribution < -0.4 is 14.8 Å². The lowest BCUT2D eigenvalue weighted by atomic mass is 10.1. The number of carbonyl (C=O) groups excluding carboxylic acids is 1. The summed E-state index contributed by atoms with van der Waals surface area (Å²) >= 11 is 1.56. The van der Waals surface area contributed by atoms with Crippen molar-refractivity contribution < 1.29 is 17.9 Å². The van der Waals surface area contributed by atoms with E-state index in [1.165, 1.54) is 19.2 Å². The van der Waals surface area contributed by atoms with Crippen LogP contribution in [-0.2, 0) is 10.0 Å². The topological polar surface area (TPSA) is 84.5 Å². The van der Waals surface area contributed by atoms with Crippen molar-refractivity contribution in [3.63, 3.8) is 0 Å². The molecule has 0 heterocycles. The number of nitrogens with one attached hydrogen (secondary N) is 2. The number of anilines is 1. The molecule has 0 aliphatic rings. The Bertz CT molecular complexity index is 918. The summed E-state index contributed by atoms with van der Waals surface area (Å²) in [4.78, 5) is 13.7. The maximum absolute atomic E-state index is 12.5. The predicted octanol–water partition coefficient (Wildman–Crippen LogP) is 3.75. The van der Waals surface area contributed by atoms with Crippen molar-refractivity contribution in [3.05, 3.63) is 48.0 Å². The van der Waals surface area contributed by atoms with E-state index in [9.17, 15) is 13.2 Å². The number of hydrogen-bond acceptors (Lipinski definition) is 5. The second-order valence-corrected chi connectivity index (χ2v) is 9.46. The monoisotopic (exact) mass is 408 g/mol. The zero-order valence-corrected chi connectivity index (χ0v) is 17.6. The predicted molar refractivity (Wildman–Crippen MR) is 109 cm³/mol. The summed E-state index contributed by atoms with van der Waals surface area (Å²) in [5, 5.41) is 2.76. The van der Waals surface area contributed by atoms with Crippen molar-refractivity contribution in [2.45, 2.75) is 36.1 Å². The first-order valence-electron chi connectivity index (χ1n) is 8.23. The average molecular weight is 409 g/mol. The third-order valence-electron chi connectivity index (χ3n) is 3.52. The summed E-state index contributed by atoms with van der Waals surface area (Å²) in [6.45, 7) is 5.32. The molecule has 0 bridgehead atoms.